The molecule has 0 aliphatic heterocycles. The lowest BCUT2D eigenvalue weighted by molar-refractivity contribution is -0.595. The van der Waals surface area contributed by atoms with Gasteiger partial charge in [-0.2, -0.15) is 4.40 Å². The smallest absolute Gasteiger partial charge is 0.201 e. The molecular formula is C37H35N2+. The first kappa shape index (κ1) is 24.9. The van der Waals surface area contributed by atoms with Gasteiger partial charge in [-0.25, -0.2) is 4.57 Å². The predicted molar refractivity (Wildman–Crippen MR) is 163 cm³/mol. The average Bonchev–Trinajstić information content (AvgIpc) is 3.42. The molecule has 0 N–H and O–H groups in total. The number of nitrogens with zero attached hydrogens (tertiary/aromatic N) is 2. The molecule has 0 amide bonds. The second-order valence-corrected chi connectivity index (χ2v) is 11.0. The minimum Gasteiger partial charge on any atom is -0.201 e. The van der Waals surface area contributed by atoms with Crippen molar-refractivity contribution in [1.82, 2.24) is 4.40 Å². The Morgan fingerprint density at radius 1 is 0.513 bits per heavy atom. The third-order valence-corrected chi connectivity index (χ3v) is 7.61. The highest BCUT2D eigenvalue weighted by atomic mass is 15.1. The van der Waals surface area contributed by atoms with E-state index in [-0.39, 0.29) is 0 Å². The Bertz CT molecular complexity index is 1660. The van der Waals surface area contributed by atoms with E-state index in [2.05, 4.69) is 164 Å². The van der Waals surface area contributed by atoms with Crippen LogP contribution in [-0.4, -0.2) is 4.40 Å². The third-order valence-electron chi connectivity index (χ3n) is 7.61. The van der Waals surface area contributed by atoms with Gasteiger partial charge in [0.25, 0.3) is 6.33 Å². The molecule has 0 atom stereocenters. The second kappa shape index (κ2) is 10.4. The van der Waals surface area contributed by atoms with E-state index in [0.29, 0.717) is 11.8 Å². The van der Waals surface area contributed by atoms with Crippen molar-refractivity contribution in [2.24, 2.45) is 0 Å². The van der Waals surface area contributed by atoms with Gasteiger partial charge < -0.3 is 0 Å². The number of fused-ring (bicyclic) bond motifs is 1. The van der Waals surface area contributed by atoms with E-state index in [1.807, 2.05) is 0 Å². The molecule has 0 aliphatic rings. The Morgan fingerprint density at radius 2 is 1.03 bits per heavy atom. The first-order chi connectivity index (χ1) is 19.0. The van der Waals surface area contributed by atoms with Crippen molar-refractivity contribution >= 4 is 5.52 Å². The van der Waals surface area contributed by atoms with Crippen LogP contribution in [0.15, 0.2) is 128 Å². The summed E-state index contributed by atoms with van der Waals surface area (Å²) in [6.45, 7) is 9.13. The highest BCUT2D eigenvalue weighted by Crippen LogP contribution is 2.34. The normalized spacial score (nSPS) is 11.5. The van der Waals surface area contributed by atoms with Gasteiger partial charge in [0, 0.05) is 16.7 Å². The topological polar surface area (TPSA) is 8.29 Å². The monoisotopic (exact) mass is 507 g/mol. The van der Waals surface area contributed by atoms with Gasteiger partial charge in [-0.3, -0.25) is 0 Å². The van der Waals surface area contributed by atoms with Crippen molar-refractivity contribution in [3.8, 4) is 39.2 Å². The summed E-state index contributed by atoms with van der Waals surface area (Å²) in [5.41, 5.74) is 12.5. The van der Waals surface area contributed by atoms with Gasteiger partial charge in [0.15, 0.2) is 5.52 Å². The van der Waals surface area contributed by atoms with E-state index in [9.17, 15) is 0 Å². The summed E-state index contributed by atoms with van der Waals surface area (Å²) >= 11 is 0. The number of rotatable bonds is 6. The Morgan fingerprint density at radius 3 is 1.56 bits per heavy atom. The number of aromatic nitrogens is 2. The first-order valence-electron chi connectivity index (χ1n) is 13.9. The Kier molecular flexibility index (Phi) is 6.62. The fourth-order valence-corrected chi connectivity index (χ4v) is 5.61. The quantitative estimate of drug-likeness (QED) is 0.198. The van der Waals surface area contributed by atoms with Crippen molar-refractivity contribution < 1.29 is 4.57 Å². The van der Waals surface area contributed by atoms with E-state index in [1.54, 1.807) is 0 Å². The predicted octanol–water partition coefficient (Wildman–Crippen LogP) is 9.46. The van der Waals surface area contributed by atoms with E-state index < -0.39 is 0 Å². The zero-order valence-electron chi connectivity index (χ0n) is 23.2. The summed E-state index contributed by atoms with van der Waals surface area (Å²) in [5, 5.41) is 0. The maximum atomic E-state index is 2.34. The largest absolute Gasteiger partial charge is 0.254 e. The molecule has 0 saturated heterocycles. The van der Waals surface area contributed by atoms with Gasteiger partial charge in [0.2, 0.25) is 0 Å². The minimum absolute atomic E-state index is 0.435. The van der Waals surface area contributed by atoms with E-state index in [4.69, 9.17) is 0 Å². The average molecular weight is 508 g/mol. The van der Waals surface area contributed by atoms with Crippen LogP contribution in [0.25, 0.3) is 44.7 Å². The van der Waals surface area contributed by atoms with Crippen molar-refractivity contribution in [2.75, 3.05) is 0 Å². The second-order valence-electron chi connectivity index (χ2n) is 11.0. The summed E-state index contributed by atoms with van der Waals surface area (Å²) in [6.07, 6.45) is 4.53. The van der Waals surface area contributed by atoms with Crippen LogP contribution in [0, 0.1) is 0 Å². The molecule has 0 radical (unpaired) electrons. The number of imidazole rings is 1. The number of pyridine rings is 1. The summed E-state index contributed by atoms with van der Waals surface area (Å²) < 4.78 is 4.67. The van der Waals surface area contributed by atoms with Crippen molar-refractivity contribution in [3.63, 3.8) is 0 Å². The van der Waals surface area contributed by atoms with Crippen molar-refractivity contribution in [3.05, 3.63) is 139 Å². The Labute approximate surface area is 231 Å². The van der Waals surface area contributed by atoms with E-state index in [0.717, 1.165) is 0 Å². The molecule has 2 aromatic heterocycles. The zero-order valence-corrected chi connectivity index (χ0v) is 23.2. The fourth-order valence-electron chi connectivity index (χ4n) is 5.61. The molecule has 2 heterocycles. The summed E-state index contributed by atoms with van der Waals surface area (Å²) in [6, 6.07) is 41.6. The van der Waals surface area contributed by atoms with Crippen LogP contribution in [0.1, 0.15) is 50.7 Å². The molecule has 6 rings (SSSR count). The molecule has 0 spiro atoms. The Hall–Kier alpha value is -4.43. The van der Waals surface area contributed by atoms with Gasteiger partial charge in [-0.15, -0.1) is 0 Å². The summed E-state index contributed by atoms with van der Waals surface area (Å²) in [4.78, 5) is 0. The molecule has 0 saturated carbocycles. The van der Waals surface area contributed by atoms with Crippen LogP contribution in [0.4, 0.5) is 0 Å². The molecule has 0 unspecified atom stereocenters. The lowest BCUT2D eigenvalue weighted by atomic mass is 9.92. The highest BCUT2D eigenvalue weighted by molar-refractivity contribution is 5.81. The number of benzene rings is 4. The van der Waals surface area contributed by atoms with Gasteiger partial charge in [-0.05, 0) is 64.4 Å². The van der Waals surface area contributed by atoms with Gasteiger partial charge in [-0.1, -0.05) is 113 Å². The van der Waals surface area contributed by atoms with E-state index >= 15 is 0 Å². The molecule has 0 bridgehead atoms. The SMILES string of the molecule is CC(C)c1cccc(C(C)C)c1-[n+]1cc2cccc(-c3cc(-c4ccccc4)cc(-c4ccccc4)c3)n2c1. The number of hydrogen-bond donors (Lipinski definition) is 0. The number of hydrogen-bond acceptors (Lipinski definition) is 0. The van der Waals surface area contributed by atoms with Crippen LogP contribution in [0.3, 0.4) is 0 Å². The molecule has 192 valence electrons. The first-order valence-corrected chi connectivity index (χ1v) is 13.9. The lowest BCUT2D eigenvalue weighted by Gasteiger charge is -2.16. The molecule has 6 aromatic rings. The van der Waals surface area contributed by atoms with Crippen LogP contribution in [0.5, 0.6) is 0 Å². The van der Waals surface area contributed by atoms with Gasteiger partial charge in [0.05, 0.1) is 0 Å². The van der Waals surface area contributed by atoms with Crippen molar-refractivity contribution in [2.45, 2.75) is 39.5 Å². The maximum absolute atomic E-state index is 2.34. The van der Waals surface area contributed by atoms with Crippen LogP contribution in [0.2, 0.25) is 0 Å². The fraction of sp³-hybridized carbons (Fsp3) is 0.162. The van der Waals surface area contributed by atoms with Crippen LogP contribution >= 0.6 is 0 Å². The maximum Gasteiger partial charge on any atom is 0.254 e. The molecule has 39 heavy (non-hydrogen) atoms. The molecule has 2 nitrogen and oxygen atoms in total. The van der Waals surface area contributed by atoms with E-state index in [1.165, 1.54) is 55.8 Å². The third kappa shape index (κ3) is 4.79. The van der Waals surface area contributed by atoms with Gasteiger partial charge in [0.1, 0.15) is 17.6 Å². The molecular weight excluding hydrogens is 472 g/mol. The standard InChI is InChI=1S/C37H35N2/c1-26(2)34-18-12-19-35(27(3)4)37(34)38-24-33-17-11-20-36(39(33)25-38)32-22-30(28-13-7-5-8-14-28)21-31(23-32)29-15-9-6-10-16-29/h5-27H,1-4H3/q+1. The summed E-state index contributed by atoms with van der Waals surface area (Å²) in [5.74, 6) is 0.870. The highest BCUT2D eigenvalue weighted by Gasteiger charge is 2.22. The molecule has 2 heteroatoms. The van der Waals surface area contributed by atoms with Crippen molar-refractivity contribution in [1.29, 1.82) is 0 Å². The van der Waals surface area contributed by atoms with Crippen LogP contribution < -0.4 is 4.57 Å². The zero-order chi connectivity index (χ0) is 26.9. The van der Waals surface area contributed by atoms with Gasteiger partial charge >= 0.3 is 0 Å². The molecule has 4 aromatic carbocycles. The molecule has 0 fully saturated rings. The minimum atomic E-state index is 0.435. The Balaban J connectivity index is 1.57. The van der Waals surface area contributed by atoms with Crippen LogP contribution in [-0.2, 0) is 0 Å². The number of para-hydroxylation sites is 1. The molecule has 0 aliphatic carbocycles. The lowest BCUT2D eigenvalue weighted by Crippen LogP contribution is -2.31. The summed E-state index contributed by atoms with van der Waals surface area (Å²) in [7, 11) is 0.